The molecule has 16 heavy (non-hydrogen) atoms. The number of fused-ring (bicyclic) bond motifs is 1. The van der Waals surface area contributed by atoms with Gasteiger partial charge in [-0.05, 0) is 57.4 Å². The fourth-order valence-electron chi connectivity index (χ4n) is 2.24. The van der Waals surface area contributed by atoms with Gasteiger partial charge in [0.1, 0.15) is 0 Å². The summed E-state index contributed by atoms with van der Waals surface area (Å²) in [7, 11) is 2.03. The summed E-state index contributed by atoms with van der Waals surface area (Å²) in [5.74, 6) is 0. The molecule has 0 saturated carbocycles. The van der Waals surface area contributed by atoms with Crippen LogP contribution in [0.15, 0.2) is 18.2 Å². The van der Waals surface area contributed by atoms with Crippen LogP contribution in [-0.2, 0) is 12.8 Å². The standard InChI is InChI=1S/C14H22N2/c1-14(2,15-3)10-11-6-7-13-12(9-11)5-4-8-16-13/h6-7,9,15-16H,4-5,8,10H2,1-3H3. The van der Waals surface area contributed by atoms with Gasteiger partial charge in [-0.1, -0.05) is 12.1 Å². The molecule has 2 nitrogen and oxygen atoms in total. The predicted molar refractivity (Wildman–Crippen MR) is 70.1 cm³/mol. The molecule has 88 valence electrons. The average molecular weight is 218 g/mol. The van der Waals surface area contributed by atoms with Crippen LogP contribution in [0, 0.1) is 0 Å². The third-order valence-corrected chi connectivity index (χ3v) is 3.43. The van der Waals surface area contributed by atoms with Gasteiger partial charge in [-0.3, -0.25) is 0 Å². The minimum atomic E-state index is 0.177. The number of nitrogens with one attached hydrogen (secondary N) is 2. The van der Waals surface area contributed by atoms with Gasteiger partial charge in [-0.2, -0.15) is 0 Å². The van der Waals surface area contributed by atoms with E-state index in [2.05, 4.69) is 42.7 Å². The molecular weight excluding hydrogens is 196 g/mol. The van der Waals surface area contributed by atoms with Gasteiger partial charge < -0.3 is 10.6 Å². The van der Waals surface area contributed by atoms with Crippen molar-refractivity contribution in [2.75, 3.05) is 18.9 Å². The Morgan fingerprint density at radius 2 is 2.19 bits per heavy atom. The highest BCUT2D eigenvalue weighted by atomic mass is 14.9. The molecule has 0 spiro atoms. The van der Waals surface area contributed by atoms with Gasteiger partial charge in [0.2, 0.25) is 0 Å². The van der Waals surface area contributed by atoms with Gasteiger partial charge in [0.15, 0.2) is 0 Å². The quantitative estimate of drug-likeness (QED) is 0.815. The molecule has 2 heteroatoms. The Balaban J connectivity index is 2.17. The van der Waals surface area contributed by atoms with E-state index in [1.165, 1.54) is 29.7 Å². The molecule has 0 amide bonds. The van der Waals surface area contributed by atoms with Crippen LogP contribution in [0.5, 0.6) is 0 Å². The molecule has 0 radical (unpaired) electrons. The maximum Gasteiger partial charge on any atom is 0.0372 e. The molecule has 1 aromatic carbocycles. The van der Waals surface area contributed by atoms with Crippen LogP contribution in [0.4, 0.5) is 5.69 Å². The SMILES string of the molecule is CNC(C)(C)Cc1ccc2c(c1)CCCN2. The van der Waals surface area contributed by atoms with Crippen LogP contribution in [0.1, 0.15) is 31.4 Å². The van der Waals surface area contributed by atoms with E-state index in [9.17, 15) is 0 Å². The number of hydrogen-bond acceptors (Lipinski definition) is 2. The summed E-state index contributed by atoms with van der Waals surface area (Å²) in [6.45, 7) is 5.60. The molecule has 0 fully saturated rings. The molecule has 0 aromatic heterocycles. The van der Waals surface area contributed by atoms with Crippen molar-refractivity contribution in [2.24, 2.45) is 0 Å². The van der Waals surface area contributed by atoms with Gasteiger partial charge in [-0.15, -0.1) is 0 Å². The Morgan fingerprint density at radius 3 is 2.94 bits per heavy atom. The van der Waals surface area contributed by atoms with E-state index >= 15 is 0 Å². The first-order chi connectivity index (χ1) is 7.61. The normalized spacial score (nSPS) is 15.4. The number of benzene rings is 1. The van der Waals surface area contributed by atoms with E-state index in [1.54, 1.807) is 0 Å². The second-order valence-corrected chi connectivity index (χ2v) is 5.33. The first kappa shape index (κ1) is 11.5. The summed E-state index contributed by atoms with van der Waals surface area (Å²) >= 11 is 0. The van der Waals surface area contributed by atoms with E-state index in [0.717, 1.165) is 13.0 Å². The zero-order valence-corrected chi connectivity index (χ0v) is 10.6. The largest absolute Gasteiger partial charge is 0.385 e. The zero-order valence-electron chi connectivity index (χ0n) is 10.6. The van der Waals surface area contributed by atoms with Crippen molar-refractivity contribution in [3.8, 4) is 0 Å². The lowest BCUT2D eigenvalue weighted by Crippen LogP contribution is -2.38. The number of rotatable bonds is 3. The van der Waals surface area contributed by atoms with Gasteiger partial charge in [0.25, 0.3) is 0 Å². The van der Waals surface area contributed by atoms with Crippen LogP contribution in [0.25, 0.3) is 0 Å². The molecule has 1 aliphatic rings. The topological polar surface area (TPSA) is 24.1 Å². The van der Waals surface area contributed by atoms with Gasteiger partial charge >= 0.3 is 0 Å². The van der Waals surface area contributed by atoms with Crippen LogP contribution < -0.4 is 10.6 Å². The highest BCUT2D eigenvalue weighted by Crippen LogP contribution is 2.24. The number of aryl methyl sites for hydroxylation is 1. The summed E-state index contributed by atoms with van der Waals surface area (Å²) in [4.78, 5) is 0. The second kappa shape index (κ2) is 4.46. The molecule has 0 bridgehead atoms. The van der Waals surface area contributed by atoms with Crippen molar-refractivity contribution >= 4 is 5.69 Å². The summed E-state index contributed by atoms with van der Waals surface area (Å²) < 4.78 is 0. The molecule has 0 saturated heterocycles. The molecule has 0 unspecified atom stereocenters. The Bertz CT molecular complexity index is 369. The zero-order chi connectivity index (χ0) is 11.6. The number of anilines is 1. The van der Waals surface area contributed by atoms with Crippen LogP contribution >= 0.6 is 0 Å². The smallest absolute Gasteiger partial charge is 0.0372 e. The van der Waals surface area contributed by atoms with Gasteiger partial charge in [0.05, 0.1) is 0 Å². The fraction of sp³-hybridized carbons (Fsp3) is 0.571. The highest BCUT2D eigenvalue weighted by Gasteiger charge is 2.16. The summed E-state index contributed by atoms with van der Waals surface area (Å²) in [5.41, 5.74) is 4.42. The summed E-state index contributed by atoms with van der Waals surface area (Å²) in [6, 6.07) is 6.84. The van der Waals surface area contributed by atoms with Gasteiger partial charge in [0, 0.05) is 17.8 Å². The van der Waals surface area contributed by atoms with Crippen molar-refractivity contribution in [3.63, 3.8) is 0 Å². The minimum absolute atomic E-state index is 0.177. The third kappa shape index (κ3) is 2.56. The number of likely N-dealkylation sites (N-methyl/N-ethyl adjacent to an activating group) is 1. The lowest BCUT2D eigenvalue weighted by atomic mass is 9.92. The second-order valence-electron chi connectivity index (χ2n) is 5.33. The lowest BCUT2D eigenvalue weighted by Gasteiger charge is -2.25. The molecule has 0 aliphatic carbocycles. The van der Waals surface area contributed by atoms with Crippen molar-refractivity contribution in [3.05, 3.63) is 29.3 Å². The molecule has 0 atom stereocenters. The maximum atomic E-state index is 3.45. The van der Waals surface area contributed by atoms with Crippen molar-refractivity contribution in [2.45, 2.75) is 38.6 Å². The Labute approximate surface area is 98.4 Å². The minimum Gasteiger partial charge on any atom is -0.385 e. The molecule has 2 N–H and O–H groups in total. The van der Waals surface area contributed by atoms with E-state index < -0.39 is 0 Å². The van der Waals surface area contributed by atoms with Crippen LogP contribution in [0.2, 0.25) is 0 Å². The van der Waals surface area contributed by atoms with Crippen LogP contribution in [-0.4, -0.2) is 19.1 Å². The predicted octanol–water partition coefficient (Wildman–Crippen LogP) is 2.59. The Hall–Kier alpha value is -1.02. The summed E-state index contributed by atoms with van der Waals surface area (Å²) in [5, 5.41) is 6.81. The maximum absolute atomic E-state index is 3.45. The molecule has 2 rings (SSSR count). The molecule has 1 heterocycles. The van der Waals surface area contributed by atoms with Crippen LogP contribution in [0.3, 0.4) is 0 Å². The third-order valence-electron chi connectivity index (χ3n) is 3.43. The fourth-order valence-corrected chi connectivity index (χ4v) is 2.24. The highest BCUT2D eigenvalue weighted by molar-refractivity contribution is 5.54. The molecule has 1 aromatic rings. The molecular formula is C14H22N2. The average Bonchev–Trinajstić information content (AvgIpc) is 2.28. The Morgan fingerprint density at radius 1 is 1.38 bits per heavy atom. The monoisotopic (exact) mass is 218 g/mol. The first-order valence-corrected chi connectivity index (χ1v) is 6.15. The van der Waals surface area contributed by atoms with E-state index in [4.69, 9.17) is 0 Å². The summed E-state index contributed by atoms with van der Waals surface area (Å²) in [6.07, 6.45) is 3.55. The Kier molecular flexibility index (Phi) is 3.20. The van der Waals surface area contributed by atoms with Crippen molar-refractivity contribution in [1.82, 2.24) is 5.32 Å². The lowest BCUT2D eigenvalue weighted by molar-refractivity contribution is 0.422. The van der Waals surface area contributed by atoms with E-state index in [-0.39, 0.29) is 5.54 Å². The van der Waals surface area contributed by atoms with Gasteiger partial charge in [-0.25, -0.2) is 0 Å². The number of hydrogen-bond donors (Lipinski definition) is 2. The van der Waals surface area contributed by atoms with Crippen molar-refractivity contribution in [1.29, 1.82) is 0 Å². The molecule has 1 aliphatic heterocycles. The first-order valence-electron chi connectivity index (χ1n) is 6.15. The van der Waals surface area contributed by atoms with E-state index in [0.29, 0.717) is 0 Å². The van der Waals surface area contributed by atoms with Crippen molar-refractivity contribution < 1.29 is 0 Å². The van der Waals surface area contributed by atoms with E-state index in [1.807, 2.05) is 7.05 Å².